The zero-order valence-corrected chi connectivity index (χ0v) is 10.1. The third kappa shape index (κ3) is 2.48. The molecule has 18 heavy (non-hydrogen) atoms. The molecule has 2 rings (SSSR count). The van der Waals surface area contributed by atoms with E-state index in [0.29, 0.717) is 5.00 Å². The largest absolute Gasteiger partial charge is 0.478 e. The van der Waals surface area contributed by atoms with E-state index < -0.39 is 11.9 Å². The molecule has 2 heterocycles. The summed E-state index contributed by atoms with van der Waals surface area (Å²) in [5.41, 5.74) is 0.509. The summed E-state index contributed by atoms with van der Waals surface area (Å²) >= 11 is 1.04. The SMILES string of the molecule is Cc1nc(C(=O)Nc2cnns2)ccc1C(=O)O. The summed E-state index contributed by atoms with van der Waals surface area (Å²) in [6, 6.07) is 2.71. The summed E-state index contributed by atoms with van der Waals surface area (Å²) in [5.74, 6) is -1.50. The minimum absolute atomic E-state index is 0.0750. The minimum atomic E-state index is -1.07. The van der Waals surface area contributed by atoms with Crippen LogP contribution in [0.15, 0.2) is 18.3 Å². The minimum Gasteiger partial charge on any atom is -0.478 e. The Morgan fingerprint density at radius 1 is 1.39 bits per heavy atom. The quantitative estimate of drug-likeness (QED) is 0.862. The van der Waals surface area contributed by atoms with Crippen LogP contribution in [0.25, 0.3) is 0 Å². The summed E-state index contributed by atoms with van der Waals surface area (Å²) in [7, 11) is 0. The summed E-state index contributed by atoms with van der Waals surface area (Å²) in [6.45, 7) is 1.54. The van der Waals surface area contributed by atoms with Gasteiger partial charge in [0.1, 0.15) is 10.7 Å². The number of carboxylic acids is 1. The van der Waals surface area contributed by atoms with Crippen molar-refractivity contribution in [3.05, 3.63) is 35.3 Å². The first kappa shape index (κ1) is 12.1. The van der Waals surface area contributed by atoms with E-state index in [4.69, 9.17) is 5.11 Å². The molecule has 0 spiro atoms. The lowest BCUT2D eigenvalue weighted by atomic mass is 10.2. The molecule has 1 amide bonds. The number of hydrogen-bond donors (Lipinski definition) is 2. The molecule has 0 aliphatic carbocycles. The van der Waals surface area contributed by atoms with Crippen molar-refractivity contribution in [1.29, 1.82) is 0 Å². The normalized spacial score (nSPS) is 10.1. The zero-order chi connectivity index (χ0) is 13.1. The number of carbonyl (C=O) groups excluding carboxylic acids is 1. The first-order chi connectivity index (χ1) is 8.58. The molecule has 0 unspecified atom stereocenters. The smallest absolute Gasteiger partial charge is 0.337 e. The number of carboxylic acid groups (broad SMARTS) is 1. The van der Waals surface area contributed by atoms with E-state index >= 15 is 0 Å². The van der Waals surface area contributed by atoms with Gasteiger partial charge in [-0.1, -0.05) is 4.49 Å². The Bertz CT molecular complexity index is 597. The van der Waals surface area contributed by atoms with Gasteiger partial charge in [0.15, 0.2) is 0 Å². The summed E-state index contributed by atoms with van der Waals surface area (Å²) in [5, 5.41) is 15.5. The Morgan fingerprint density at radius 2 is 2.17 bits per heavy atom. The fourth-order valence-electron chi connectivity index (χ4n) is 1.31. The molecule has 8 heteroatoms. The number of pyridine rings is 1. The van der Waals surface area contributed by atoms with Crippen LogP contribution in [0.2, 0.25) is 0 Å². The van der Waals surface area contributed by atoms with Crippen LogP contribution in [0.5, 0.6) is 0 Å². The van der Waals surface area contributed by atoms with Crippen molar-refractivity contribution in [1.82, 2.24) is 14.6 Å². The number of aromatic carboxylic acids is 1. The van der Waals surface area contributed by atoms with Crippen LogP contribution >= 0.6 is 11.5 Å². The van der Waals surface area contributed by atoms with Gasteiger partial charge in [-0.2, -0.15) is 0 Å². The van der Waals surface area contributed by atoms with Crippen molar-refractivity contribution in [3.8, 4) is 0 Å². The van der Waals surface area contributed by atoms with Gasteiger partial charge < -0.3 is 10.4 Å². The molecule has 2 aromatic rings. The second-order valence-electron chi connectivity index (χ2n) is 3.37. The van der Waals surface area contributed by atoms with Gasteiger partial charge in [0, 0.05) is 11.5 Å². The summed E-state index contributed by atoms with van der Waals surface area (Å²) in [6.07, 6.45) is 1.42. The van der Waals surface area contributed by atoms with Gasteiger partial charge in [-0.05, 0) is 19.1 Å². The first-order valence-corrected chi connectivity index (χ1v) is 5.65. The van der Waals surface area contributed by atoms with Crippen molar-refractivity contribution >= 4 is 28.4 Å². The maximum Gasteiger partial charge on any atom is 0.337 e. The molecule has 2 aromatic heterocycles. The van der Waals surface area contributed by atoms with Crippen LogP contribution in [0.1, 0.15) is 26.5 Å². The van der Waals surface area contributed by atoms with Gasteiger partial charge in [-0.25, -0.2) is 9.78 Å². The fourth-order valence-corrected chi connectivity index (χ4v) is 1.73. The molecule has 0 fully saturated rings. The third-order valence-electron chi connectivity index (χ3n) is 2.15. The van der Waals surface area contributed by atoms with Gasteiger partial charge in [-0.3, -0.25) is 4.79 Å². The molecule has 0 bridgehead atoms. The van der Waals surface area contributed by atoms with Crippen molar-refractivity contribution in [2.45, 2.75) is 6.92 Å². The highest BCUT2D eigenvalue weighted by atomic mass is 32.1. The molecule has 0 radical (unpaired) electrons. The number of aryl methyl sites for hydroxylation is 1. The third-order valence-corrected chi connectivity index (χ3v) is 2.73. The second-order valence-corrected chi connectivity index (χ2v) is 4.16. The molecule has 0 saturated carbocycles. The average molecular weight is 264 g/mol. The molecule has 0 aliphatic rings. The lowest BCUT2D eigenvalue weighted by molar-refractivity contribution is 0.0695. The van der Waals surface area contributed by atoms with Gasteiger partial charge in [0.2, 0.25) is 0 Å². The number of nitrogens with one attached hydrogen (secondary N) is 1. The lowest BCUT2D eigenvalue weighted by Gasteiger charge is -2.04. The molecule has 92 valence electrons. The maximum absolute atomic E-state index is 11.8. The number of nitrogens with zero attached hydrogens (tertiary/aromatic N) is 3. The van der Waals surface area contributed by atoms with E-state index in [1.165, 1.54) is 25.3 Å². The van der Waals surface area contributed by atoms with Gasteiger partial charge in [0.05, 0.1) is 17.5 Å². The maximum atomic E-state index is 11.8. The number of rotatable bonds is 3. The van der Waals surface area contributed by atoms with E-state index in [1.54, 1.807) is 0 Å². The van der Waals surface area contributed by atoms with E-state index in [0.717, 1.165) is 11.5 Å². The topological polar surface area (TPSA) is 105 Å². The van der Waals surface area contributed by atoms with Crippen LogP contribution in [0, 0.1) is 6.92 Å². The Hall–Kier alpha value is -2.35. The van der Waals surface area contributed by atoms with Gasteiger partial charge in [-0.15, -0.1) is 5.10 Å². The van der Waals surface area contributed by atoms with Gasteiger partial charge in [0.25, 0.3) is 5.91 Å². The molecule has 0 aliphatic heterocycles. The van der Waals surface area contributed by atoms with E-state index in [-0.39, 0.29) is 17.0 Å². The summed E-state index contributed by atoms with van der Waals surface area (Å²) < 4.78 is 3.60. The Kier molecular flexibility index (Phi) is 3.28. The number of anilines is 1. The molecular formula is C10H8N4O3S. The number of hydrogen-bond acceptors (Lipinski definition) is 6. The highest BCUT2D eigenvalue weighted by molar-refractivity contribution is 7.10. The van der Waals surface area contributed by atoms with Crippen molar-refractivity contribution in [3.63, 3.8) is 0 Å². The lowest BCUT2D eigenvalue weighted by Crippen LogP contribution is -2.14. The van der Waals surface area contributed by atoms with Gasteiger partial charge >= 0.3 is 5.97 Å². The van der Waals surface area contributed by atoms with Crippen LogP contribution in [-0.2, 0) is 0 Å². The van der Waals surface area contributed by atoms with E-state index in [2.05, 4.69) is 19.9 Å². The molecule has 7 nitrogen and oxygen atoms in total. The van der Waals surface area contributed by atoms with Crippen molar-refractivity contribution < 1.29 is 14.7 Å². The number of amides is 1. The Morgan fingerprint density at radius 3 is 2.72 bits per heavy atom. The predicted molar refractivity (Wildman–Crippen MR) is 63.8 cm³/mol. The molecule has 0 atom stereocenters. The highest BCUT2D eigenvalue weighted by Gasteiger charge is 2.13. The molecular weight excluding hydrogens is 256 g/mol. The van der Waals surface area contributed by atoms with Crippen LogP contribution in [-0.4, -0.2) is 31.6 Å². The van der Waals surface area contributed by atoms with Crippen LogP contribution in [0.4, 0.5) is 5.00 Å². The first-order valence-electron chi connectivity index (χ1n) is 4.87. The van der Waals surface area contributed by atoms with Crippen molar-refractivity contribution in [2.75, 3.05) is 5.32 Å². The summed E-state index contributed by atoms with van der Waals surface area (Å²) in [4.78, 5) is 26.5. The molecule has 2 N–H and O–H groups in total. The van der Waals surface area contributed by atoms with Crippen LogP contribution < -0.4 is 5.32 Å². The predicted octanol–water partition coefficient (Wildman–Crippen LogP) is 1.19. The average Bonchev–Trinajstić information content (AvgIpc) is 2.81. The molecule has 0 saturated heterocycles. The van der Waals surface area contributed by atoms with E-state index in [9.17, 15) is 9.59 Å². The van der Waals surface area contributed by atoms with Crippen LogP contribution in [0.3, 0.4) is 0 Å². The number of aromatic nitrogens is 3. The molecule has 0 aromatic carbocycles. The zero-order valence-electron chi connectivity index (χ0n) is 9.25. The van der Waals surface area contributed by atoms with E-state index in [1.807, 2.05) is 0 Å². The monoisotopic (exact) mass is 264 g/mol. The second kappa shape index (κ2) is 4.88. The Balaban J connectivity index is 2.21. The fraction of sp³-hybridized carbons (Fsp3) is 0.100. The Labute approximate surface area is 106 Å². The highest BCUT2D eigenvalue weighted by Crippen LogP contribution is 2.12. The standard InChI is InChI=1S/C10H8N4O3S/c1-5-6(10(16)17)2-3-7(12-5)9(15)13-8-4-11-14-18-8/h2-4H,1H3,(H,13,15)(H,16,17). The van der Waals surface area contributed by atoms with Crippen molar-refractivity contribution in [2.24, 2.45) is 0 Å². The number of carbonyl (C=O) groups is 2.